The van der Waals surface area contributed by atoms with Crippen molar-refractivity contribution in [2.45, 2.75) is 20.8 Å². The molecule has 0 N–H and O–H groups in total. The van der Waals surface area contributed by atoms with Gasteiger partial charge in [0.05, 0.1) is 0 Å². The molecule has 1 aromatic rings. The maximum absolute atomic E-state index is 12.3. The average Bonchev–Trinajstić information content (AvgIpc) is 2.37. The molecule has 0 aliphatic carbocycles. The third kappa shape index (κ3) is 2.93. The Bertz CT molecular complexity index is 526. The lowest BCUT2D eigenvalue weighted by Gasteiger charge is -2.11. The van der Waals surface area contributed by atoms with Crippen LogP contribution in [0.1, 0.15) is 46.4 Å². The lowest BCUT2D eigenvalue weighted by Crippen LogP contribution is -2.00. The number of hydrogen-bond acceptors (Lipinski definition) is 2. The van der Waals surface area contributed by atoms with Crippen LogP contribution in [0, 0.1) is 0 Å². The molecule has 2 nitrogen and oxygen atoms in total. The highest BCUT2D eigenvalue weighted by atomic mass is 32.1. The van der Waals surface area contributed by atoms with Crippen LogP contribution >= 0.6 is 11.3 Å². The third-order valence-corrected chi connectivity index (χ3v) is 3.41. The summed E-state index contributed by atoms with van der Waals surface area (Å²) in [7, 11) is 0. The standard InChI is InChI=1S/C15H16O2S/c1-4-7-11-12(8-5-2)15(17)13(9-6-3)18-14(11)10-16/h4-10H,1-3H3/b7-4+,8-5+,9-6+. The fourth-order valence-corrected chi connectivity index (χ4v) is 2.61. The van der Waals surface area contributed by atoms with Gasteiger partial charge in [-0.05, 0) is 38.2 Å². The van der Waals surface area contributed by atoms with E-state index < -0.39 is 0 Å². The van der Waals surface area contributed by atoms with Crippen LogP contribution in [0.2, 0.25) is 0 Å². The van der Waals surface area contributed by atoms with Crippen molar-refractivity contribution in [2.75, 3.05) is 0 Å². The zero-order chi connectivity index (χ0) is 13.5. The minimum Gasteiger partial charge on any atom is -0.868 e. The Balaban J connectivity index is 3.69. The van der Waals surface area contributed by atoms with Gasteiger partial charge in [0.25, 0.3) is 4.88 Å². The monoisotopic (exact) mass is 260 g/mol. The van der Waals surface area contributed by atoms with Crippen LogP contribution in [0.15, 0.2) is 18.2 Å². The summed E-state index contributed by atoms with van der Waals surface area (Å²) in [6.07, 6.45) is 11.5. The van der Waals surface area contributed by atoms with Crippen LogP contribution in [0.4, 0.5) is 0 Å². The summed E-state index contributed by atoms with van der Waals surface area (Å²) in [5.74, 6) is -0.0325. The Morgan fingerprint density at radius 2 is 1.44 bits per heavy atom. The van der Waals surface area contributed by atoms with E-state index in [9.17, 15) is 9.90 Å². The maximum Gasteiger partial charge on any atom is 0.278 e. The van der Waals surface area contributed by atoms with Gasteiger partial charge < -0.3 is 5.11 Å². The summed E-state index contributed by atoms with van der Waals surface area (Å²) in [4.78, 5) is 12.3. The molecule has 0 saturated heterocycles. The van der Waals surface area contributed by atoms with Crippen molar-refractivity contribution in [1.29, 1.82) is 0 Å². The molecule has 0 aliphatic heterocycles. The Morgan fingerprint density at radius 1 is 0.889 bits per heavy atom. The van der Waals surface area contributed by atoms with Crippen molar-refractivity contribution in [3.8, 4) is 5.75 Å². The number of hydrogen-bond donors (Lipinski definition) is 0. The van der Waals surface area contributed by atoms with Crippen LogP contribution in [-0.4, -0.2) is 6.29 Å². The Morgan fingerprint density at radius 3 is 1.94 bits per heavy atom. The first-order valence-corrected chi connectivity index (χ1v) is 6.55. The van der Waals surface area contributed by atoms with Gasteiger partial charge in [-0.15, -0.1) is 0 Å². The first-order valence-electron chi connectivity index (χ1n) is 5.73. The van der Waals surface area contributed by atoms with E-state index in [4.69, 9.17) is 0 Å². The van der Waals surface area contributed by atoms with Gasteiger partial charge >= 0.3 is 0 Å². The quantitative estimate of drug-likeness (QED) is 0.606. The average molecular weight is 260 g/mol. The predicted octanol–water partition coefficient (Wildman–Crippen LogP) is 4.01. The number of allylic oxidation sites excluding steroid dienone is 3. The van der Waals surface area contributed by atoms with E-state index in [-0.39, 0.29) is 5.75 Å². The molecule has 3 heteroatoms. The molecular weight excluding hydrogens is 244 g/mol. The fourth-order valence-electron chi connectivity index (χ4n) is 1.63. The van der Waals surface area contributed by atoms with Gasteiger partial charge in [0.15, 0.2) is 0 Å². The molecule has 18 heavy (non-hydrogen) atoms. The van der Waals surface area contributed by atoms with Crippen molar-refractivity contribution < 1.29 is 9.90 Å². The molecule has 1 rings (SSSR count). The molecule has 0 atom stereocenters. The predicted molar refractivity (Wildman–Crippen MR) is 77.7 cm³/mol. The second kappa shape index (κ2) is 6.87. The molecule has 0 aliphatic rings. The largest absolute Gasteiger partial charge is 0.868 e. The molecule has 0 fully saturated rings. The van der Waals surface area contributed by atoms with Gasteiger partial charge in [-0.2, -0.15) is 0 Å². The molecule has 1 aromatic heterocycles. The zero-order valence-electron chi connectivity index (χ0n) is 10.8. The van der Waals surface area contributed by atoms with Gasteiger partial charge in [-0.3, -0.25) is 4.79 Å². The van der Waals surface area contributed by atoms with Crippen molar-refractivity contribution >= 4 is 35.9 Å². The highest BCUT2D eigenvalue weighted by Crippen LogP contribution is 2.33. The zero-order valence-corrected chi connectivity index (χ0v) is 11.6. The Labute approximate surface area is 112 Å². The first kappa shape index (κ1) is 14.3. The van der Waals surface area contributed by atoms with E-state index in [2.05, 4.69) is 0 Å². The maximum atomic E-state index is 12.3. The number of rotatable bonds is 4. The highest BCUT2D eigenvalue weighted by Gasteiger charge is 2.19. The molecule has 0 radical (unpaired) electrons. The minimum absolute atomic E-state index is 0.0325. The summed E-state index contributed by atoms with van der Waals surface area (Å²) in [5.41, 5.74) is 1.28. The van der Waals surface area contributed by atoms with Crippen molar-refractivity contribution in [1.82, 2.24) is 0 Å². The van der Waals surface area contributed by atoms with Crippen molar-refractivity contribution in [2.24, 2.45) is 0 Å². The fraction of sp³-hybridized carbons (Fsp3) is 0.200. The molecule has 1 heterocycles. The molecule has 0 amide bonds. The Hall–Kier alpha value is -1.74. The summed E-state index contributed by atoms with van der Waals surface area (Å²) in [6, 6.07) is 0. The summed E-state index contributed by atoms with van der Waals surface area (Å²) in [5, 5.41) is 12.3. The van der Waals surface area contributed by atoms with E-state index in [0.717, 1.165) is 6.29 Å². The van der Waals surface area contributed by atoms with Gasteiger partial charge in [-0.1, -0.05) is 30.4 Å². The second-order valence-electron chi connectivity index (χ2n) is 3.60. The molecule has 0 saturated carbocycles. The summed E-state index contributed by atoms with van der Waals surface area (Å²) in [6.45, 7) is 5.57. The normalized spacial score (nSPS) is 11.9. The molecular formula is C15H16O2S. The van der Waals surface area contributed by atoms with Gasteiger partial charge in [0.1, 0.15) is 0 Å². The van der Waals surface area contributed by atoms with E-state index in [1.165, 1.54) is 11.3 Å². The second-order valence-corrected chi connectivity index (χ2v) is 4.69. The van der Waals surface area contributed by atoms with E-state index >= 15 is 0 Å². The van der Waals surface area contributed by atoms with E-state index in [1.807, 2.05) is 32.9 Å². The SMILES string of the molecule is C/C=C/c1[s+]c(C=O)c(/C=C/C)c(/C=C/C)c1[O-]. The van der Waals surface area contributed by atoms with Crippen molar-refractivity contribution in [3.05, 3.63) is 39.1 Å². The topological polar surface area (TPSA) is 40.1 Å². The molecule has 0 bridgehead atoms. The van der Waals surface area contributed by atoms with E-state index in [0.29, 0.717) is 20.9 Å². The van der Waals surface area contributed by atoms with Gasteiger partial charge in [-0.25, -0.2) is 0 Å². The number of aldehydes is 1. The van der Waals surface area contributed by atoms with Crippen LogP contribution in [0.3, 0.4) is 0 Å². The number of carbonyl (C=O) groups is 1. The van der Waals surface area contributed by atoms with Crippen LogP contribution in [0.5, 0.6) is 5.75 Å². The van der Waals surface area contributed by atoms with E-state index in [1.54, 1.807) is 24.3 Å². The summed E-state index contributed by atoms with van der Waals surface area (Å²) >= 11 is 1.23. The minimum atomic E-state index is -0.0325. The van der Waals surface area contributed by atoms with Gasteiger partial charge in [0, 0.05) is 5.56 Å². The first-order chi connectivity index (χ1) is 8.69. The van der Waals surface area contributed by atoms with Crippen LogP contribution < -0.4 is 5.11 Å². The Kier molecular flexibility index (Phi) is 5.46. The summed E-state index contributed by atoms with van der Waals surface area (Å²) < 4.78 is 0. The third-order valence-electron chi connectivity index (χ3n) is 2.34. The molecule has 0 spiro atoms. The number of carbonyl (C=O) groups excluding carboxylic acids is 1. The lowest BCUT2D eigenvalue weighted by atomic mass is 10.1. The van der Waals surface area contributed by atoms with Crippen molar-refractivity contribution in [3.63, 3.8) is 0 Å². The van der Waals surface area contributed by atoms with Crippen LogP contribution in [0.25, 0.3) is 18.2 Å². The van der Waals surface area contributed by atoms with Gasteiger partial charge in [0.2, 0.25) is 22.5 Å². The molecule has 0 unspecified atom stereocenters. The smallest absolute Gasteiger partial charge is 0.278 e. The van der Waals surface area contributed by atoms with Crippen LogP contribution in [-0.2, 0) is 0 Å². The molecule has 0 aromatic carbocycles. The lowest BCUT2D eigenvalue weighted by molar-refractivity contribution is -0.268. The molecule has 94 valence electrons. The highest BCUT2D eigenvalue weighted by molar-refractivity contribution is 7.14.